The number of hydrogen-bond acceptors (Lipinski definition) is 3. The quantitative estimate of drug-likeness (QED) is 0.876. The van der Waals surface area contributed by atoms with Crippen molar-refractivity contribution in [2.24, 2.45) is 5.92 Å². The summed E-state index contributed by atoms with van der Waals surface area (Å²) in [6.45, 7) is 5.63. The van der Waals surface area contributed by atoms with Gasteiger partial charge in [0.1, 0.15) is 5.75 Å². The van der Waals surface area contributed by atoms with Crippen molar-refractivity contribution in [1.82, 2.24) is 10.2 Å². The Morgan fingerprint density at radius 1 is 1.52 bits per heavy atom. The van der Waals surface area contributed by atoms with Crippen LogP contribution in [0.2, 0.25) is 0 Å². The number of rotatable bonds is 5. The van der Waals surface area contributed by atoms with Crippen LogP contribution in [0.15, 0.2) is 24.3 Å². The third-order valence-electron chi connectivity index (χ3n) is 3.87. The molecule has 0 saturated carbocycles. The monoisotopic (exact) mass is 291 g/mol. The van der Waals surface area contributed by atoms with Crippen LogP contribution in [0, 0.1) is 5.92 Å². The highest BCUT2D eigenvalue weighted by molar-refractivity contribution is 5.89. The van der Waals surface area contributed by atoms with Gasteiger partial charge in [-0.05, 0) is 50.9 Å². The molecule has 0 spiro atoms. The van der Waals surface area contributed by atoms with Crippen LogP contribution in [0.3, 0.4) is 0 Å². The summed E-state index contributed by atoms with van der Waals surface area (Å²) in [7, 11) is 1.62. The molecule has 5 nitrogen and oxygen atoms in total. The van der Waals surface area contributed by atoms with Gasteiger partial charge in [0.25, 0.3) is 0 Å². The molecule has 1 atom stereocenters. The van der Waals surface area contributed by atoms with Gasteiger partial charge in [-0.2, -0.15) is 0 Å². The van der Waals surface area contributed by atoms with Crippen LogP contribution in [0.1, 0.15) is 19.8 Å². The third kappa shape index (κ3) is 4.63. The maximum absolute atomic E-state index is 12.4. The third-order valence-corrected chi connectivity index (χ3v) is 3.87. The number of nitrogens with one attached hydrogen (secondary N) is 2. The summed E-state index contributed by atoms with van der Waals surface area (Å²) in [5.41, 5.74) is 0.763. The minimum Gasteiger partial charge on any atom is -0.497 e. The first kappa shape index (κ1) is 15.6. The second-order valence-corrected chi connectivity index (χ2v) is 5.41. The molecule has 1 fully saturated rings. The van der Waals surface area contributed by atoms with Gasteiger partial charge < -0.3 is 20.3 Å². The van der Waals surface area contributed by atoms with Crippen molar-refractivity contribution in [3.8, 4) is 5.75 Å². The zero-order chi connectivity index (χ0) is 15.1. The van der Waals surface area contributed by atoms with Crippen LogP contribution in [0.5, 0.6) is 5.75 Å². The summed E-state index contributed by atoms with van der Waals surface area (Å²) >= 11 is 0. The van der Waals surface area contributed by atoms with Crippen LogP contribution in [0.25, 0.3) is 0 Å². The van der Waals surface area contributed by atoms with Crippen molar-refractivity contribution in [1.29, 1.82) is 0 Å². The lowest BCUT2D eigenvalue weighted by molar-refractivity contribution is 0.197. The topological polar surface area (TPSA) is 53.6 Å². The Kier molecular flexibility index (Phi) is 5.87. The zero-order valence-electron chi connectivity index (χ0n) is 12.9. The number of nitrogens with zero attached hydrogens (tertiary/aromatic N) is 1. The van der Waals surface area contributed by atoms with Gasteiger partial charge in [-0.15, -0.1) is 0 Å². The fourth-order valence-corrected chi connectivity index (χ4v) is 2.65. The lowest BCUT2D eigenvalue weighted by atomic mass is 9.99. The second kappa shape index (κ2) is 7.88. The number of amides is 2. The van der Waals surface area contributed by atoms with E-state index in [4.69, 9.17) is 4.74 Å². The molecular weight excluding hydrogens is 266 g/mol. The smallest absolute Gasteiger partial charge is 0.321 e. The van der Waals surface area contributed by atoms with E-state index in [1.807, 2.05) is 36.1 Å². The molecule has 1 saturated heterocycles. The molecule has 1 aromatic carbocycles. The van der Waals surface area contributed by atoms with Gasteiger partial charge in [0.2, 0.25) is 0 Å². The minimum atomic E-state index is -0.0451. The van der Waals surface area contributed by atoms with E-state index in [1.54, 1.807) is 7.11 Å². The molecule has 1 aliphatic heterocycles. The van der Waals surface area contributed by atoms with E-state index in [1.165, 1.54) is 12.8 Å². The van der Waals surface area contributed by atoms with E-state index < -0.39 is 0 Å². The fourth-order valence-electron chi connectivity index (χ4n) is 2.65. The Morgan fingerprint density at radius 2 is 2.38 bits per heavy atom. The van der Waals surface area contributed by atoms with Gasteiger partial charge in [0.05, 0.1) is 7.11 Å². The van der Waals surface area contributed by atoms with Crippen molar-refractivity contribution < 1.29 is 9.53 Å². The molecule has 0 radical (unpaired) electrons. The van der Waals surface area contributed by atoms with E-state index in [0.717, 1.165) is 31.1 Å². The summed E-state index contributed by atoms with van der Waals surface area (Å²) in [6.07, 6.45) is 2.38. The summed E-state index contributed by atoms with van der Waals surface area (Å²) in [4.78, 5) is 14.2. The number of urea groups is 1. The second-order valence-electron chi connectivity index (χ2n) is 5.41. The molecular formula is C16H25N3O2. The first-order valence-electron chi connectivity index (χ1n) is 7.63. The molecule has 1 unspecified atom stereocenters. The zero-order valence-corrected chi connectivity index (χ0v) is 12.9. The van der Waals surface area contributed by atoms with Crippen molar-refractivity contribution in [2.45, 2.75) is 19.8 Å². The highest BCUT2D eigenvalue weighted by Gasteiger charge is 2.19. The largest absolute Gasteiger partial charge is 0.497 e. The average molecular weight is 291 g/mol. The fraction of sp³-hybridized carbons (Fsp3) is 0.562. The first-order valence-corrected chi connectivity index (χ1v) is 7.63. The highest BCUT2D eigenvalue weighted by Crippen LogP contribution is 2.18. The summed E-state index contributed by atoms with van der Waals surface area (Å²) in [5.74, 6) is 1.29. The molecule has 2 amide bonds. The predicted octanol–water partition coefficient (Wildman–Crippen LogP) is 2.55. The van der Waals surface area contributed by atoms with Crippen LogP contribution < -0.4 is 15.4 Å². The molecule has 5 heteroatoms. The molecule has 0 bridgehead atoms. The molecule has 1 heterocycles. The Bertz CT molecular complexity index is 459. The maximum atomic E-state index is 12.4. The van der Waals surface area contributed by atoms with Crippen molar-refractivity contribution >= 4 is 11.7 Å². The molecule has 2 rings (SSSR count). The molecule has 1 aliphatic rings. The number of ether oxygens (including phenoxy) is 1. The van der Waals surface area contributed by atoms with Crippen molar-refractivity contribution in [2.75, 3.05) is 38.6 Å². The summed E-state index contributed by atoms with van der Waals surface area (Å²) < 4.78 is 5.17. The van der Waals surface area contributed by atoms with E-state index in [-0.39, 0.29) is 6.03 Å². The Labute approximate surface area is 126 Å². The standard InChI is InChI=1S/C16H25N3O2/c1-3-19(12-13-6-5-9-17-11-13)16(20)18-14-7-4-8-15(10-14)21-2/h4,7-8,10,13,17H,3,5-6,9,11-12H2,1-2H3,(H,18,20). The van der Waals surface area contributed by atoms with Gasteiger partial charge in [-0.1, -0.05) is 6.07 Å². The van der Waals surface area contributed by atoms with Gasteiger partial charge in [-0.25, -0.2) is 4.79 Å². The number of carbonyl (C=O) groups is 1. The number of hydrogen-bond donors (Lipinski definition) is 2. The predicted molar refractivity (Wildman–Crippen MR) is 84.9 cm³/mol. The first-order chi connectivity index (χ1) is 10.2. The van der Waals surface area contributed by atoms with Crippen LogP contribution >= 0.6 is 0 Å². The highest BCUT2D eigenvalue weighted by atomic mass is 16.5. The maximum Gasteiger partial charge on any atom is 0.321 e. The Morgan fingerprint density at radius 3 is 3.05 bits per heavy atom. The number of carbonyl (C=O) groups excluding carboxylic acids is 1. The molecule has 0 aliphatic carbocycles. The number of anilines is 1. The molecule has 0 aromatic heterocycles. The lowest BCUT2D eigenvalue weighted by Gasteiger charge is -2.29. The number of methoxy groups -OCH3 is 1. The van der Waals surface area contributed by atoms with Gasteiger partial charge >= 0.3 is 6.03 Å². The molecule has 1 aromatic rings. The lowest BCUT2D eigenvalue weighted by Crippen LogP contribution is -2.42. The minimum absolute atomic E-state index is 0.0451. The molecule has 21 heavy (non-hydrogen) atoms. The van der Waals surface area contributed by atoms with Gasteiger partial charge in [0.15, 0.2) is 0 Å². The normalized spacial score (nSPS) is 18.1. The van der Waals surface area contributed by atoms with Crippen LogP contribution in [0.4, 0.5) is 10.5 Å². The Hall–Kier alpha value is -1.75. The van der Waals surface area contributed by atoms with Crippen LogP contribution in [-0.4, -0.2) is 44.2 Å². The SMILES string of the molecule is CCN(CC1CCCNC1)C(=O)Nc1cccc(OC)c1. The van der Waals surface area contributed by atoms with E-state index in [0.29, 0.717) is 12.5 Å². The summed E-state index contributed by atoms with van der Waals surface area (Å²) in [6, 6.07) is 7.39. The Balaban J connectivity index is 1.92. The van der Waals surface area contributed by atoms with E-state index in [2.05, 4.69) is 10.6 Å². The summed E-state index contributed by atoms with van der Waals surface area (Å²) in [5, 5.41) is 6.34. The van der Waals surface area contributed by atoms with E-state index in [9.17, 15) is 4.79 Å². The van der Waals surface area contributed by atoms with Gasteiger partial charge in [-0.3, -0.25) is 0 Å². The average Bonchev–Trinajstić information content (AvgIpc) is 2.53. The number of piperidine rings is 1. The molecule has 116 valence electrons. The van der Waals surface area contributed by atoms with Crippen molar-refractivity contribution in [3.05, 3.63) is 24.3 Å². The van der Waals surface area contributed by atoms with Gasteiger partial charge in [0, 0.05) is 24.8 Å². The van der Waals surface area contributed by atoms with Crippen molar-refractivity contribution in [3.63, 3.8) is 0 Å². The van der Waals surface area contributed by atoms with Crippen LogP contribution in [-0.2, 0) is 0 Å². The van der Waals surface area contributed by atoms with E-state index >= 15 is 0 Å². The number of benzene rings is 1. The molecule has 2 N–H and O–H groups in total.